The van der Waals surface area contributed by atoms with Gasteiger partial charge in [0.25, 0.3) is 0 Å². The molecule has 18 heavy (non-hydrogen) atoms. The molecule has 1 aromatic rings. The van der Waals surface area contributed by atoms with Gasteiger partial charge in [-0.3, -0.25) is 0 Å². The van der Waals surface area contributed by atoms with E-state index < -0.39 is 0 Å². The topological polar surface area (TPSA) is 12.0 Å². The van der Waals surface area contributed by atoms with Crippen molar-refractivity contribution in [3.05, 3.63) is 29.3 Å². The molecule has 1 aliphatic rings. The second-order valence-electron chi connectivity index (χ2n) is 5.13. The van der Waals surface area contributed by atoms with Crippen molar-refractivity contribution >= 4 is 23.4 Å². The zero-order valence-corrected chi connectivity index (χ0v) is 12.6. The van der Waals surface area contributed by atoms with Crippen molar-refractivity contribution < 1.29 is 0 Å². The van der Waals surface area contributed by atoms with E-state index in [1.807, 2.05) is 23.9 Å². The molecule has 0 aliphatic heterocycles. The number of thioether (sulfide) groups is 1. The lowest BCUT2D eigenvalue weighted by atomic mass is 9.95. The minimum absolute atomic E-state index is 0.605. The first-order chi connectivity index (χ1) is 8.74. The Morgan fingerprint density at radius 3 is 2.56 bits per heavy atom. The van der Waals surface area contributed by atoms with E-state index in [1.54, 1.807) is 0 Å². The summed E-state index contributed by atoms with van der Waals surface area (Å²) in [5, 5.41) is 5.12. The van der Waals surface area contributed by atoms with Crippen LogP contribution < -0.4 is 5.32 Å². The number of hydrogen-bond donors (Lipinski definition) is 1. The monoisotopic (exact) mass is 283 g/mol. The molecule has 1 unspecified atom stereocenters. The fourth-order valence-corrected chi connectivity index (χ4v) is 3.49. The van der Waals surface area contributed by atoms with Crippen molar-refractivity contribution in [3.8, 4) is 0 Å². The molecule has 0 saturated heterocycles. The van der Waals surface area contributed by atoms with Gasteiger partial charge in [0.05, 0.1) is 0 Å². The van der Waals surface area contributed by atoms with Gasteiger partial charge in [-0.2, -0.15) is 0 Å². The molecule has 0 bridgehead atoms. The van der Waals surface area contributed by atoms with Crippen LogP contribution in [-0.2, 0) is 0 Å². The SMILES string of the molecule is CC(CNC1CCCCC1)Sc1ccc(Cl)cc1. The first-order valence-corrected chi connectivity index (χ1v) is 8.15. The molecule has 0 amide bonds. The highest BCUT2D eigenvalue weighted by molar-refractivity contribution is 8.00. The Balaban J connectivity index is 1.71. The summed E-state index contributed by atoms with van der Waals surface area (Å²) in [6.07, 6.45) is 6.94. The summed E-state index contributed by atoms with van der Waals surface area (Å²) in [5.41, 5.74) is 0. The standard InChI is InChI=1S/C15H22ClNS/c1-12(11-17-14-5-3-2-4-6-14)18-15-9-7-13(16)8-10-15/h7-10,12,14,17H,2-6,11H2,1H3. The minimum Gasteiger partial charge on any atom is -0.313 e. The van der Waals surface area contributed by atoms with E-state index in [1.165, 1.54) is 37.0 Å². The van der Waals surface area contributed by atoms with E-state index in [2.05, 4.69) is 24.4 Å². The van der Waals surface area contributed by atoms with Crippen LogP contribution in [0.3, 0.4) is 0 Å². The smallest absolute Gasteiger partial charge is 0.0406 e. The third-order valence-electron chi connectivity index (χ3n) is 3.45. The Bertz CT molecular complexity index is 346. The van der Waals surface area contributed by atoms with Crippen LogP contribution in [0.4, 0.5) is 0 Å². The molecule has 1 atom stereocenters. The van der Waals surface area contributed by atoms with Crippen LogP contribution in [0.2, 0.25) is 5.02 Å². The van der Waals surface area contributed by atoms with Gasteiger partial charge in [-0.25, -0.2) is 0 Å². The lowest BCUT2D eigenvalue weighted by molar-refractivity contribution is 0.375. The summed E-state index contributed by atoms with van der Waals surface area (Å²) < 4.78 is 0. The molecule has 0 spiro atoms. The largest absolute Gasteiger partial charge is 0.313 e. The van der Waals surface area contributed by atoms with Gasteiger partial charge in [-0.15, -0.1) is 11.8 Å². The summed E-state index contributed by atoms with van der Waals surface area (Å²) in [7, 11) is 0. The van der Waals surface area contributed by atoms with Crippen molar-refractivity contribution in [3.63, 3.8) is 0 Å². The maximum atomic E-state index is 5.89. The fraction of sp³-hybridized carbons (Fsp3) is 0.600. The van der Waals surface area contributed by atoms with Crippen molar-refractivity contribution in [2.45, 2.75) is 55.2 Å². The van der Waals surface area contributed by atoms with Crippen molar-refractivity contribution in [1.29, 1.82) is 0 Å². The first-order valence-electron chi connectivity index (χ1n) is 6.89. The molecule has 100 valence electrons. The first kappa shape index (κ1) is 14.2. The normalized spacial score (nSPS) is 18.8. The molecule has 3 heteroatoms. The molecule has 1 aromatic carbocycles. The maximum absolute atomic E-state index is 5.89. The molecule has 0 aromatic heterocycles. The molecular weight excluding hydrogens is 262 g/mol. The van der Waals surface area contributed by atoms with E-state index in [0.717, 1.165) is 17.6 Å². The van der Waals surface area contributed by atoms with Gasteiger partial charge >= 0.3 is 0 Å². The molecule has 1 N–H and O–H groups in total. The Labute approximate surface area is 120 Å². The quantitative estimate of drug-likeness (QED) is 0.783. The highest BCUT2D eigenvalue weighted by Crippen LogP contribution is 2.25. The van der Waals surface area contributed by atoms with Gasteiger partial charge in [0.15, 0.2) is 0 Å². The highest BCUT2D eigenvalue weighted by atomic mass is 35.5. The number of benzene rings is 1. The van der Waals surface area contributed by atoms with Crippen LogP contribution in [0.1, 0.15) is 39.0 Å². The molecule has 1 nitrogen and oxygen atoms in total. The lowest BCUT2D eigenvalue weighted by Gasteiger charge is -2.24. The molecule has 0 heterocycles. The van der Waals surface area contributed by atoms with E-state index in [-0.39, 0.29) is 0 Å². The Kier molecular flexibility index (Phi) is 5.87. The Morgan fingerprint density at radius 2 is 1.89 bits per heavy atom. The van der Waals surface area contributed by atoms with Gasteiger partial charge in [-0.1, -0.05) is 37.8 Å². The van der Waals surface area contributed by atoms with Gasteiger partial charge < -0.3 is 5.32 Å². The Hall–Kier alpha value is -0.180. The fourth-order valence-electron chi connectivity index (χ4n) is 2.43. The summed E-state index contributed by atoms with van der Waals surface area (Å²) in [5.74, 6) is 0. The summed E-state index contributed by atoms with van der Waals surface area (Å²) in [6.45, 7) is 3.38. The van der Waals surface area contributed by atoms with Crippen LogP contribution in [0.5, 0.6) is 0 Å². The second kappa shape index (κ2) is 7.42. The average Bonchev–Trinajstić information content (AvgIpc) is 2.40. The van der Waals surface area contributed by atoms with Crippen molar-refractivity contribution in [2.24, 2.45) is 0 Å². The van der Waals surface area contributed by atoms with Crippen LogP contribution in [0.15, 0.2) is 29.2 Å². The molecule has 1 aliphatic carbocycles. The zero-order valence-electron chi connectivity index (χ0n) is 11.0. The van der Waals surface area contributed by atoms with Gasteiger partial charge in [0.2, 0.25) is 0 Å². The van der Waals surface area contributed by atoms with Crippen LogP contribution >= 0.6 is 23.4 Å². The van der Waals surface area contributed by atoms with Crippen molar-refractivity contribution in [1.82, 2.24) is 5.32 Å². The lowest BCUT2D eigenvalue weighted by Crippen LogP contribution is -2.35. The third kappa shape index (κ3) is 4.83. The van der Waals surface area contributed by atoms with E-state index in [4.69, 9.17) is 11.6 Å². The highest BCUT2D eigenvalue weighted by Gasteiger charge is 2.13. The predicted octanol–water partition coefficient (Wildman–Crippen LogP) is 4.74. The van der Waals surface area contributed by atoms with Crippen LogP contribution in [-0.4, -0.2) is 17.8 Å². The van der Waals surface area contributed by atoms with E-state index >= 15 is 0 Å². The zero-order chi connectivity index (χ0) is 12.8. The molecule has 2 rings (SSSR count). The molecule has 1 fully saturated rings. The van der Waals surface area contributed by atoms with E-state index in [0.29, 0.717) is 5.25 Å². The number of rotatable bonds is 5. The molecule has 0 radical (unpaired) electrons. The van der Waals surface area contributed by atoms with Crippen molar-refractivity contribution in [2.75, 3.05) is 6.54 Å². The van der Waals surface area contributed by atoms with Crippen LogP contribution in [0, 0.1) is 0 Å². The number of halogens is 1. The molecule has 1 saturated carbocycles. The maximum Gasteiger partial charge on any atom is 0.0406 e. The van der Waals surface area contributed by atoms with Gasteiger partial charge in [0.1, 0.15) is 0 Å². The second-order valence-corrected chi connectivity index (χ2v) is 7.07. The van der Waals surface area contributed by atoms with Gasteiger partial charge in [0, 0.05) is 27.8 Å². The summed E-state index contributed by atoms with van der Waals surface area (Å²) in [4.78, 5) is 1.30. The minimum atomic E-state index is 0.605. The molecular formula is C15H22ClNS. The van der Waals surface area contributed by atoms with E-state index in [9.17, 15) is 0 Å². The summed E-state index contributed by atoms with van der Waals surface area (Å²) in [6, 6.07) is 8.89. The summed E-state index contributed by atoms with van der Waals surface area (Å²) >= 11 is 7.81. The predicted molar refractivity (Wildman–Crippen MR) is 81.6 cm³/mol. The van der Waals surface area contributed by atoms with Crippen LogP contribution in [0.25, 0.3) is 0 Å². The number of hydrogen-bond acceptors (Lipinski definition) is 2. The average molecular weight is 284 g/mol. The number of nitrogens with one attached hydrogen (secondary N) is 1. The van der Waals surface area contributed by atoms with Gasteiger partial charge in [-0.05, 0) is 37.1 Å². The third-order valence-corrected chi connectivity index (χ3v) is 4.82. The Morgan fingerprint density at radius 1 is 1.22 bits per heavy atom.